The lowest BCUT2D eigenvalue weighted by molar-refractivity contribution is -0.0153. The van der Waals surface area contributed by atoms with Gasteiger partial charge in [0, 0.05) is 18.1 Å². The van der Waals surface area contributed by atoms with Crippen molar-refractivity contribution < 1.29 is 0 Å². The monoisotopic (exact) mass is 236 g/mol. The predicted octanol–water partition coefficient (Wildman–Crippen LogP) is 2.77. The lowest BCUT2D eigenvalue weighted by Gasteiger charge is -2.51. The molecule has 0 bridgehead atoms. The van der Waals surface area contributed by atoms with Crippen molar-refractivity contribution in [1.29, 1.82) is 0 Å². The highest BCUT2D eigenvalue weighted by Crippen LogP contribution is 2.47. The van der Waals surface area contributed by atoms with E-state index in [-0.39, 0.29) is 0 Å². The van der Waals surface area contributed by atoms with Crippen LogP contribution in [-0.2, 0) is 0 Å². The summed E-state index contributed by atoms with van der Waals surface area (Å²) in [6.45, 7) is 4.65. The van der Waals surface area contributed by atoms with E-state index >= 15 is 0 Å². The van der Waals surface area contributed by atoms with Crippen molar-refractivity contribution in [2.75, 3.05) is 13.1 Å². The number of likely N-dealkylation sites (tertiary alicyclic amines) is 1. The van der Waals surface area contributed by atoms with Gasteiger partial charge in [-0.05, 0) is 56.9 Å². The number of rotatable bonds is 2. The third-order valence-electron chi connectivity index (χ3n) is 6.08. The number of nitrogens with zero attached hydrogens (tertiary/aromatic N) is 1. The quantitative estimate of drug-likeness (QED) is 0.799. The minimum atomic E-state index is 0.369. The molecule has 4 unspecified atom stereocenters. The Balaban J connectivity index is 1.85. The highest BCUT2D eigenvalue weighted by molar-refractivity contribution is 5.05. The van der Waals surface area contributed by atoms with Crippen LogP contribution in [0, 0.1) is 11.8 Å². The third-order valence-corrected chi connectivity index (χ3v) is 6.08. The summed E-state index contributed by atoms with van der Waals surface area (Å²) in [6.07, 6.45) is 11.4. The molecule has 4 atom stereocenters. The number of hydrogen-bond acceptors (Lipinski definition) is 2. The number of piperidine rings is 1. The molecule has 0 spiro atoms. The number of hydrogen-bond donors (Lipinski definition) is 1. The molecule has 98 valence electrons. The van der Waals surface area contributed by atoms with Crippen molar-refractivity contribution in [2.45, 2.75) is 69.9 Å². The smallest absolute Gasteiger partial charge is 0.0360 e. The van der Waals surface area contributed by atoms with Gasteiger partial charge in [-0.15, -0.1) is 0 Å². The summed E-state index contributed by atoms with van der Waals surface area (Å²) >= 11 is 0. The first-order valence-corrected chi connectivity index (χ1v) is 7.75. The van der Waals surface area contributed by atoms with Crippen molar-refractivity contribution >= 4 is 0 Å². The van der Waals surface area contributed by atoms with E-state index < -0.39 is 0 Å². The van der Waals surface area contributed by atoms with Crippen LogP contribution in [-0.4, -0.2) is 29.6 Å². The van der Waals surface area contributed by atoms with Crippen LogP contribution in [0.3, 0.4) is 0 Å². The summed E-state index contributed by atoms with van der Waals surface area (Å²) in [5, 5.41) is 0. The van der Waals surface area contributed by atoms with Gasteiger partial charge in [0.15, 0.2) is 0 Å². The van der Waals surface area contributed by atoms with Gasteiger partial charge in [0.25, 0.3) is 0 Å². The zero-order chi connectivity index (χ0) is 11.9. The zero-order valence-corrected chi connectivity index (χ0v) is 11.3. The van der Waals surface area contributed by atoms with Gasteiger partial charge in [-0.1, -0.05) is 19.8 Å². The maximum absolute atomic E-state index is 6.23. The Morgan fingerprint density at radius 2 is 1.94 bits per heavy atom. The van der Waals surface area contributed by atoms with Gasteiger partial charge < -0.3 is 5.73 Å². The Morgan fingerprint density at radius 3 is 2.65 bits per heavy atom. The molecule has 3 aliphatic rings. The molecule has 0 aromatic carbocycles. The van der Waals surface area contributed by atoms with E-state index in [4.69, 9.17) is 5.73 Å². The van der Waals surface area contributed by atoms with E-state index in [0.29, 0.717) is 5.54 Å². The minimum Gasteiger partial charge on any atom is -0.329 e. The molecule has 2 heteroatoms. The maximum atomic E-state index is 6.23. The van der Waals surface area contributed by atoms with Crippen molar-refractivity contribution in [3.63, 3.8) is 0 Å². The summed E-state index contributed by atoms with van der Waals surface area (Å²) in [5.74, 6) is 1.81. The second kappa shape index (κ2) is 4.55. The Bertz CT molecular complexity index is 278. The van der Waals surface area contributed by atoms with E-state index in [0.717, 1.165) is 24.4 Å². The van der Waals surface area contributed by atoms with Crippen LogP contribution >= 0.6 is 0 Å². The summed E-state index contributed by atoms with van der Waals surface area (Å²) in [7, 11) is 0. The van der Waals surface area contributed by atoms with Crippen molar-refractivity contribution in [1.82, 2.24) is 4.90 Å². The summed E-state index contributed by atoms with van der Waals surface area (Å²) in [6, 6.07) is 0.882. The Hall–Kier alpha value is -0.0800. The first-order valence-electron chi connectivity index (χ1n) is 7.75. The molecule has 3 rings (SSSR count). The maximum Gasteiger partial charge on any atom is 0.0360 e. The summed E-state index contributed by atoms with van der Waals surface area (Å²) < 4.78 is 0. The number of fused-ring (bicyclic) bond motifs is 1. The highest BCUT2D eigenvalue weighted by atomic mass is 15.3. The van der Waals surface area contributed by atoms with E-state index in [1.807, 2.05) is 0 Å². The normalized spacial score (nSPS) is 47.3. The van der Waals surface area contributed by atoms with Crippen LogP contribution < -0.4 is 5.73 Å². The molecule has 0 amide bonds. The molecule has 1 aliphatic heterocycles. The predicted molar refractivity (Wildman–Crippen MR) is 71.9 cm³/mol. The molecule has 1 heterocycles. The standard InChI is InChI=1S/C15H28N2/c1-12-5-3-9-15(12,11-16)17-10-4-7-13-6-2-8-14(13)17/h12-14H,2-11,16H2,1H3. The first kappa shape index (κ1) is 12.0. The zero-order valence-electron chi connectivity index (χ0n) is 11.3. The second-order valence-electron chi connectivity index (χ2n) is 6.69. The van der Waals surface area contributed by atoms with Crippen LogP contribution in [0.4, 0.5) is 0 Å². The Labute approximate surface area is 106 Å². The third kappa shape index (κ3) is 1.76. The van der Waals surface area contributed by atoms with Gasteiger partial charge in [-0.3, -0.25) is 4.90 Å². The molecular weight excluding hydrogens is 208 g/mol. The molecule has 2 aliphatic carbocycles. The van der Waals surface area contributed by atoms with Crippen molar-refractivity contribution in [3.05, 3.63) is 0 Å². The molecule has 1 saturated heterocycles. The fourth-order valence-corrected chi connectivity index (χ4v) is 5.08. The SMILES string of the molecule is CC1CCCC1(CN)N1CCCC2CCCC21. The molecule has 2 saturated carbocycles. The van der Waals surface area contributed by atoms with Gasteiger partial charge in [0.05, 0.1) is 0 Å². The average molecular weight is 236 g/mol. The molecular formula is C15H28N2. The van der Waals surface area contributed by atoms with E-state index in [9.17, 15) is 0 Å². The lowest BCUT2D eigenvalue weighted by Crippen LogP contribution is -2.61. The van der Waals surface area contributed by atoms with Gasteiger partial charge in [-0.25, -0.2) is 0 Å². The Morgan fingerprint density at radius 1 is 1.12 bits per heavy atom. The van der Waals surface area contributed by atoms with E-state index in [1.165, 1.54) is 57.9 Å². The van der Waals surface area contributed by atoms with Gasteiger partial charge >= 0.3 is 0 Å². The summed E-state index contributed by atoms with van der Waals surface area (Å²) in [4.78, 5) is 2.88. The van der Waals surface area contributed by atoms with E-state index in [2.05, 4.69) is 11.8 Å². The first-order chi connectivity index (χ1) is 8.28. The van der Waals surface area contributed by atoms with Crippen LogP contribution in [0.15, 0.2) is 0 Å². The van der Waals surface area contributed by atoms with Crippen molar-refractivity contribution in [2.24, 2.45) is 17.6 Å². The molecule has 17 heavy (non-hydrogen) atoms. The topological polar surface area (TPSA) is 29.3 Å². The Kier molecular flexibility index (Phi) is 3.20. The largest absolute Gasteiger partial charge is 0.329 e. The van der Waals surface area contributed by atoms with Crippen LogP contribution in [0.25, 0.3) is 0 Å². The average Bonchev–Trinajstić information content (AvgIpc) is 2.95. The minimum absolute atomic E-state index is 0.369. The fourth-order valence-electron chi connectivity index (χ4n) is 5.08. The molecule has 0 aromatic rings. The molecule has 2 N–H and O–H groups in total. The van der Waals surface area contributed by atoms with Gasteiger partial charge in [-0.2, -0.15) is 0 Å². The van der Waals surface area contributed by atoms with E-state index in [1.54, 1.807) is 0 Å². The molecule has 0 radical (unpaired) electrons. The number of nitrogens with two attached hydrogens (primary N) is 1. The van der Waals surface area contributed by atoms with Crippen LogP contribution in [0.2, 0.25) is 0 Å². The second-order valence-corrected chi connectivity index (χ2v) is 6.69. The molecule has 2 nitrogen and oxygen atoms in total. The fraction of sp³-hybridized carbons (Fsp3) is 1.00. The van der Waals surface area contributed by atoms with Gasteiger partial charge in [0.2, 0.25) is 0 Å². The lowest BCUT2D eigenvalue weighted by atomic mass is 9.80. The van der Waals surface area contributed by atoms with Crippen LogP contribution in [0.5, 0.6) is 0 Å². The molecule has 0 aromatic heterocycles. The van der Waals surface area contributed by atoms with Crippen LogP contribution in [0.1, 0.15) is 58.3 Å². The highest BCUT2D eigenvalue weighted by Gasteiger charge is 2.49. The molecule has 3 fully saturated rings. The summed E-state index contributed by atoms with van der Waals surface area (Å²) in [5.41, 5.74) is 6.60. The van der Waals surface area contributed by atoms with Gasteiger partial charge in [0.1, 0.15) is 0 Å². The van der Waals surface area contributed by atoms with Crippen molar-refractivity contribution in [3.8, 4) is 0 Å².